The number of carbonyl (C=O) groups is 3. The van der Waals surface area contributed by atoms with Crippen molar-refractivity contribution in [2.75, 3.05) is 41.0 Å². The van der Waals surface area contributed by atoms with Crippen LogP contribution < -0.4 is 5.11 Å². The molecule has 0 aromatic rings. The van der Waals surface area contributed by atoms with Crippen molar-refractivity contribution >= 4 is 17.9 Å². The first kappa shape index (κ1) is 56.3. The summed E-state index contributed by atoms with van der Waals surface area (Å²) in [5.74, 6) is -1.71. The minimum Gasteiger partial charge on any atom is -0.544 e. The predicted molar refractivity (Wildman–Crippen MR) is 241 cm³/mol. The van der Waals surface area contributed by atoms with Crippen molar-refractivity contribution in [3.8, 4) is 0 Å². The summed E-state index contributed by atoms with van der Waals surface area (Å²) in [4.78, 5) is 36.9. The Morgan fingerprint density at radius 1 is 0.448 bits per heavy atom. The molecule has 0 N–H and O–H groups in total. The minimum absolute atomic E-state index is 0.0494. The molecule has 0 amide bonds. The van der Waals surface area contributed by atoms with Crippen molar-refractivity contribution in [1.29, 1.82) is 0 Å². The van der Waals surface area contributed by atoms with E-state index in [0.717, 1.165) is 38.5 Å². The highest BCUT2D eigenvalue weighted by Crippen LogP contribution is 2.17. The monoisotopic (exact) mass is 824 g/mol. The lowest BCUT2D eigenvalue weighted by atomic mass is 10.0. The van der Waals surface area contributed by atoms with Gasteiger partial charge in [0, 0.05) is 19.3 Å². The molecule has 0 radical (unpaired) electrons. The van der Waals surface area contributed by atoms with Crippen LogP contribution in [-0.4, -0.2) is 75.5 Å². The summed E-state index contributed by atoms with van der Waals surface area (Å²) in [5, 5.41) is 11.6. The van der Waals surface area contributed by atoms with Gasteiger partial charge in [0.1, 0.15) is 12.6 Å². The number of nitrogens with zero attached hydrogens (tertiary/aromatic N) is 1. The van der Waals surface area contributed by atoms with E-state index in [0.29, 0.717) is 12.8 Å². The first-order valence-corrected chi connectivity index (χ1v) is 25.1. The quantitative estimate of drug-likeness (QED) is 0.0342. The zero-order chi connectivity index (χ0) is 42.8. The number of quaternary nitrogens is 1. The number of hydrogen-bond acceptors (Lipinski definition) is 7. The van der Waals surface area contributed by atoms with Gasteiger partial charge >= 0.3 is 11.9 Å². The highest BCUT2D eigenvalue weighted by Gasteiger charge is 2.25. The van der Waals surface area contributed by atoms with Gasteiger partial charge in [0.15, 0.2) is 6.10 Å². The molecule has 0 bridgehead atoms. The van der Waals surface area contributed by atoms with Gasteiger partial charge in [0.2, 0.25) is 0 Å². The van der Waals surface area contributed by atoms with Crippen LogP contribution in [0, 0.1) is 0 Å². The topological polar surface area (TPSA) is 102 Å². The number of carbonyl (C=O) groups excluding carboxylic acids is 3. The van der Waals surface area contributed by atoms with Crippen molar-refractivity contribution < 1.29 is 38.2 Å². The molecule has 8 heteroatoms. The average Bonchev–Trinajstić information content (AvgIpc) is 3.18. The van der Waals surface area contributed by atoms with Crippen molar-refractivity contribution in [2.24, 2.45) is 0 Å². The standard InChI is InChI=1S/C50H97NO7/c1-6-8-10-12-14-16-18-20-21-22-23-24-25-26-27-28-29-31-32-34-36-38-40-48(52)57-45-46(44-56-43-42-47(50(54)55)51(3,4)5)58-49(53)41-39-37-35-33-30-19-17-15-13-11-9-7-2/h46-47H,6-45H2,1-5H3. The van der Waals surface area contributed by atoms with Crippen molar-refractivity contribution in [3.05, 3.63) is 0 Å². The van der Waals surface area contributed by atoms with Crippen LogP contribution in [0.5, 0.6) is 0 Å². The smallest absolute Gasteiger partial charge is 0.306 e. The third-order valence-corrected chi connectivity index (χ3v) is 11.7. The van der Waals surface area contributed by atoms with Gasteiger partial charge in [-0.25, -0.2) is 0 Å². The van der Waals surface area contributed by atoms with Crippen molar-refractivity contribution in [3.63, 3.8) is 0 Å². The summed E-state index contributed by atoms with van der Waals surface area (Å²) in [5.41, 5.74) is 0. The fraction of sp³-hybridized carbons (Fsp3) is 0.940. The molecule has 0 spiro atoms. The Kier molecular flexibility index (Phi) is 40.8. The zero-order valence-corrected chi connectivity index (χ0v) is 39.2. The maximum atomic E-state index is 12.7. The Morgan fingerprint density at radius 2 is 0.759 bits per heavy atom. The van der Waals surface area contributed by atoms with E-state index >= 15 is 0 Å². The molecule has 0 saturated heterocycles. The lowest BCUT2D eigenvalue weighted by Gasteiger charge is -2.34. The van der Waals surface area contributed by atoms with Crippen LogP contribution in [0.1, 0.15) is 251 Å². The van der Waals surface area contributed by atoms with Gasteiger partial charge in [-0.3, -0.25) is 9.59 Å². The lowest BCUT2D eigenvalue weighted by Crippen LogP contribution is -2.55. The van der Waals surface area contributed by atoms with Crippen LogP contribution in [0.3, 0.4) is 0 Å². The number of carboxylic acid groups (broad SMARTS) is 1. The van der Waals surface area contributed by atoms with Gasteiger partial charge in [0.25, 0.3) is 0 Å². The highest BCUT2D eigenvalue weighted by molar-refractivity contribution is 5.70. The Hall–Kier alpha value is -1.67. The molecule has 0 heterocycles. The first-order valence-electron chi connectivity index (χ1n) is 25.1. The fourth-order valence-electron chi connectivity index (χ4n) is 7.84. The average molecular weight is 824 g/mol. The van der Waals surface area contributed by atoms with Crippen LogP contribution in [0.25, 0.3) is 0 Å². The summed E-state index contributed by atoms with van der Waals surface area (Å²) < 4.78 is 17.2. The molecule has 58 heavy (non-hydrogen) atoms. The Bertz CT molecular complexity index is 920. The molecule has 0 aromatic heterocycles. The number of unbranched alkanes of at least 4 members (excludes halogenated alkanes) is 32. The van der Waals surface area contributed by atoms with Crippen LogP contribution in [0.2, 0.25) is 0 Å². The van der Waals surface area contributed by atoms with E-state index in [1.165, 1.54) is 180 Å². The second-order valence-electron chi connectivity index (χ2n) is 18.4. The van der Waals surface area contributed by atoms with Gasteiger partial charge in [0.05, 0.1) is 40.3 Å². The minimum atomic E-state index is -1.12. The number of hydrogen-bond donors (Lipinski definition) is 0. The van der Waals surface area contributed by atoms with Gasteiger partial charge in [-0.05, 0) is 12.8 Å². The number of aliphatic carboxylic acids is 1. The summed E-state index contributed by atoms with van der Waals surface area (Å²) in [6.45, 7) is 4.71. The van der Waals surface area contributed by atoms with Crippen LogP contribution in [0.15, 0.2) is 0 Å². The third kappa shape index (κ3) is 39.8. The first-order chi connectivity index (χ1) is 28.1. The summed E-state index contributed by atoms with van der Waals surface area (Å²) in [7, 11) is 5.42. The third-order valence-electron chi connectivity index (χ3n) is 11.7. The van der Waals surface area contributed by atoms with E-state index in [4.69, 9.17) is 14.2 Å². The molecular formula is C50H97NO7. The molecule has 0 rings (SSSR count). The van der Waals surface area contributed by atoms with E-state index in [2.05, 4.69) is 13.8 Å². The van der Waals surface area contributed by atoms with E-state index in [1.807, 2.05) is 21.1 Å². The molecule has 0 saturated carbocycles. The summed E-state index contributed by atoms with van der Waals surface area (Å²) in [6.07, 6.45) is 44.2. The maximum Gasteiger partial charge on any atom is 0.306 e. The van der Waals surface area contributed by atoms with Gasteiger partial charge in [-0.15, -0.1) is 0 Å². The highest BCUT2D eigenvalue weighted by atomic mass is 16.6. The van der Waals surface area contributed by atoms with E-state index in [1.54, 1.807) is 0 Å². The molecule has 8 nitrogen and oxygen atoms in total. The van der Waals surface area contributed by atoms with Gasteiger partial charge in [-0.2, -0.15) is 0 Å². The van der Waals surface area contributed by atoms with Crippen molar-refractivity contribution in [2.45, 2.75) is 264 Å². The number of carboxylic acids is 1. The van der Waals surface area contributed by atoms with E-state index in [9.17, 15) is 19.5 Å². The zero-order valence-electron chi connectivity index (χ0n) is 39.2. The van der Waals surface area contributed by atoms with E-state index < -0.39 is 18.1 Å². The number of likely N-dealkylation sites (N-methyl/N-ethyl adjacent to an activating group) is 1. The largest absolute Gasteiger partial charge is 0.544 e. The van der Waals surface area contributed by atoms with Crippen molar-refractivity contribution in [1.82, 2.24) is 0 Å². The number of esters is 2. The molecule has 0 fully saturated rings. The molecule has 0 aromatic carbocycles. The Morgan fingerprint density at radius 3 is 1.07 bits per heavy atom. The Balaban J connectivity index is 4.12. The molecule has 2 unspecified atom stereocenters. The van der Waals surface area contributed by atoms with Crippen LogP contribution >= 0.6 is 0 Å². The second kappa shape index (κ2) is 42.0. The van der Waals surface area contributed by atoms with Crippen LogP contribution in [-0.2, 0) is 28.6 Å². The molecule has 0 aliphatic carbocycles. The second-order valence-corrected chi connectivity index (χ2v) is 18.4. The SMILES string of the molecule is CCCCCCCCCCCCCCCCCCCCCCCCC(=O)OCC(COCCC(C(=O)[O-])[N+](C)(C)C)OC(=O)CCCCCCCCCCCCCC. The van der Waals surface area contributed by atoms with Crippen LogP contribution in [0.4, 0.5) is 0 Å². The summed E-state index contributed by atoms with van der Waals surface area (Å²) >= 11 is 0. The normalized spacial score (nSPS) is 12.8. The number of ether oxygens (including phenoxy) is 3. The molecular weight excluding hydrogens is 727 g/mol. The summed E-state index contributed by atoms with van der Waals surface area (Å²) in [6, 6.07) is -0.719. The molecule has 2 atom stereocenters. The lowest BCUT2D eigenvalue weighted by molar-refractivity contribution is -0.889. The van der Waals surface area contributed by atoms with Gasteiger partial charge < -0.3 is 28.6 Å². The predicted octanol–water partition coefficient (Wildman–Crippen LogP) is 12.8. The molecule has 344 valence electrons. The fourth-order valence-corrected chi connectivity index (χ4v) is 7.84. The molecule has 0 aliphatic rings. The van der Waals surface area contributed by atoms with Gasteiger partial charge in [-0.1, -0.05) is 219 Å². The maximum absolute atomic E-state index is 12.7. The number of rotatable bonds is 46. The Labute approximate surface area is 359 Å². The molecule has 0 aliphatic heterocycles. The van der Waals surface area contributed by atoms with E-state index in [-0.39, 0.29) is 42.7 Å².